The van der Waals surface area contributed by atoms with Crippen molar-refractivity contribution >= 4 is 0 Å². The second-order valence-electron chi connectivity index (χ2n) is 2.48. The molecule has 0 heterocycles. The van der Waals surface area contributed by atoms with Crippen molar-refractivity contribution in [2.45, 2.75) is 0 Å². The van der Waals surface area contributed by atoms with Gasteiger partial charge >= 0.3 is 0 Å². The van der Waals surface area contributed by atoms with Crippen LogP contribution < -0.4 is 0 Å². The molecule has 0 aliphatic carbocycles. The van der Waals surface area contributed by atoms with E-state index in [0.717, 1.165) is 0 Å². The van der Waals surface area contributed by atoms with Crippen LogP contribution in [0, 0.1) is 11.3 Å². The SMILES string of the molecule is CN(C)/C=C(/C#N)N(C)C. The first-order chi connectivity index (χ1) is 4.57. The molecule has 0 aliphatic heterocycles. The Morgan fingerprint density at radius 2 is 1.80 bits per heavy atom. The highest BCUT2D eigenvalue weighted by molar-refractivity contribution is 5.17. The fourth-order valence-corrected chi connectivity index (χ4v) is 0.489. The third-order valence-corrected chi connectivity index (χ3v) is 0.977. The standard InChI is InChI=1S/C7H13N3/c1-9(2)6-7(5-8)10(3)4/h6H,1-4H3/b7-6-. The van der Waals surface area contributed by atoms with Crippen molar-refractivity contribution in [2.75, 3.05) is 28.2 Å². The largest absolute Gasteiger partial charge is 0.381 e. The number of nitriles is 1. The molecule has 0 rings (SSSR count). The molecule has 0 aromatic rings. The van der Waals surface area contributed by atoms with Crippen molar-refractivity contribution in [3.05, 3.63) is 11.9 Å². The van der Waals surface area contributed by atoms with Gasteiger partial charge in [-0.25, -0.2) is 0 Å². The minimum atomic E-state index is 0.657. The number of nitrogens with zero attached hydrogens (tertiary/aromatic N) is 3. The van der Waals surface area contributed by atoms with Crippen molar-refractivity contribution in [3.8, 4) is 6.07 Å². The molecule has 0 saturated carbocycles. The molecule has 0 aromatic heterocycles. The molecule has 10 heavy (non-hydrogen) atoms. The first-order valence-corrected chi connectivity index (χ1v) is 3.03. The van der Waals surface area contributed by atoms with Crippen LogP contribution in [-0.2, 0) is 0 Å². The van der Waals surface area contributed by atoms with E-state index in [1.54, 1.807) is 11.1 Å². The molecule has 0 amide bonds. The highest BCUT2D eigenvalue weighted by atomic mass is 15.1. The summed E-state index contributed by atoms with van der Waals surface area (Å²) in [6.45, 7) is 0. The van der Waals surface area contributed by atoms with E-state index in [9.17, 15) is 0 Å². The van der Waals surface area contributed by atoms with E-state index >= 15 is 0 Å². The van der Waals surface area contributed by atoms with Crippen LogP contribution in [0.15, 0.2) is 11.9 Å². The van der Waals surface area contributed by atoms with Crippen molar-refractivity contribution < 1.29 is 0 Å². The lowest BCUT2D eigenvalue weighted by molar-refractivity contribution is 0.489. The summed E-state index contributed by atoms with van der Waals surface area (Å²) in [5.74, 6) is 0. The number of rotatable bonds is 2. The zero-order valence-corrected chi connectivity index (χ0v) is 6.92. The first kappa shape index (κ1) is 8.83. The van der Waals surface area contributed by atoms with Crippen molar-refractivity contribution in [1.82, 2.24) is 9.80 Å². The molecule has 3 heteroatoms. The zero-order chi connectivity index (χ0) is 8.15. The average molecular weight is 139 g/mol. The van der Waals surface area contributed by atoms with E-state index < -0.39 is 0 Å². The molecule has 0 atom stereocenters. The van der Waals surface area contributed by atoms with Gasteiger partial charge < -0.3 is 9.80 Å². The Balaban J connectivity index is 4.23. The molecule has 0 radical (unpaired) electrons. The third kappa shape index (κ3) is 2.98. The Kier molecular flexibility index (Phi) is 3.34. The summed E-state index contributed by atoms with van der Waals surface area (Å²) in [6, 6.07) is 2.08. The Hall–Kier alpha value is -1.17. The minimum Gasteiger partial charge on any atom is -0.381 e. The molecule has 0 bridgehead atoms. The Morgan fingerprint density at radius 3 is 1.90 bits per heavy atom. The lowest BCUT2D eigenvalue weighted by Gasteiger charge is -2.12. The lowest BCUT2D eigenvalue weighted by atomic mass is 10.4. The van der Waals surface area contributed by atoms with Crippen LogP contribution in [-0.4, -0.2) is 38.0 Å². The van der Waals surface area contributed by atoms with Crippen LogP contribution in [0.2, 0.25) is 0 Å². The molecule has 0 spiro atoms. The second kappa shape index (κ2) is 3.78. The van der Waals surface area contributed by atoms with E-state index in [4.69, 9.17) is 5.26 Å². The molecule has 0 aromatic carbocycles. The van der Waals surface area contributed by atoms with Crippen LogP contribution in [0.1, 0.15) is 0 Å². The summed E-state index contributed by atoms with van der Waals surface area (Å²) in [6.07, 6.45) is 1.78. The highest BCUT2D eigenvalue weighted by Gasteiger charge is 1.95. The third-order valence-electron chi connectivity index (χ3n) is 0.977. The fourth-order valence-electron chi connectivity index (χ4n) is 0.489. The molecule has 3 nitrogen and oxygen atoms in total. The monoisotopic (exact) mass is 139 g/mol. The van der Waals surface area contributed by atoms with Gasteiger partial charge in [0.15, 0.2) is 0 Å². The van der Waals surface area contributed by atoms with Crippen molar-refractivity contribution in [2.24, 2.45) is 0 Å². The van der Waals surface area contributed by atoms with Gasteiger partial charge in [-0.05, 0) is 0 Å². The van der Waals surface area contributed by atoms with Gasteiger partial charge in [-0.1, -0.05) is 0 Å². The van der Waals surface area contributed by atoms with Gasteiger partial charge in [0.2, 0.25) is 0 Å². The number of hydrogen-bond acceptors (Lipinski definition) is 3. The van der Waals surface area contributed by atoms with Crippen LogP contribution >= 0.6 is 0 Å². The van der Waals surface area contributed by atoms with Gasteiger partial charge in [-0.2, -0.15) is 5.26 Å². The van der Waals surface area contributed by atoms with Crippen molar-refractivity contribution in [3.63, 3.8) is 0 Å². The average Bonchev–Trinajstić information content (AvgIpc) is 1.81. The molecular formula is C7H13N3. The zero-order valence-electron chi connectivity index (χ0n) is 6.92. The Labute approximate surface area is 62.2 Å². The Morgan fingerprint density at radius 1 is 1.30 bits per heavy atom. The maximum atomic E-state index is 8.56. The van der Waals surface area contributed by atoms with E-state index in [0.29, 0.717) is 5.70 Å². The summed E-state index contributed by atoms with van der Waals surface area (Å²) >= 11 is 0. The number of hydrogen-bond donors (Lipinski definition) is 0. The predicted molar refractivity (Wildman–Crippen MR) is 41.1 cm³/mol. The van der Waals surface area contributed by atoms with Crippen LogP contribution in [0.25, 0.3) is 0 Å². The van der Waals surface area contributed by atoms with E-state index in [-0.39, 0.29) is 0 Å². The van der Waals surface area contributed by atoms with E-state index in [1.165, 1.54) is 0 Å². The molecule has 0 unspecified atom stereocenters. The van der Waals surface area contributed by atoms with Gasteiger partial charge in [-0.3, -0.25) is 0 Å². The normalized spacial score (nSPS) is 10.5. The maximum Gasteiger partial charge on any atom is 0.131 e. The molecule has 0 saturated heterocycles. The van der Waals surface area contributed by atoms with Crippen molar-refractivity contribution in [1.29, 1.82) is 5.26 Å². The summed E-state index contributed by atoms with van der Waals surface area (Å²) in [5.41, 5.74) is 0.657. The summed E-state index contributed by atoms with van der Waals surface area (Å²) < 4.78 is 0. The van der Waals surface area contributed by atoms with Crippen LogP contribution in [0.5, 0.6) is 0 Å². The van der Waals surface area contributed by atoms with Crippen LogP contribution in [0.4, 0.5) is 0 Å². The topological polar surface area (TPSA) is 30.3 Å². The van der Waals surface area contributed by atoms with Gasteiger partial charge in [0.1, 0.15) is 11.8 Å². The lowest BCUT2D eigenvalue weighted by Crippen LogP contribution is -2.13. The summed E-state index contributed by atoms with van der Waals surface area (Å²) in [4.78, 5) is 3.62. The van der Waals surface area contributed by atoms with E-state index in [1.807, 2.05) is 33.1 Å². The molecular weight excluding hydrogens is 126 g/mol. The summed E-state index contributed by atoms with van der Waals surface area (Å²) in [7, 11) is 7.47. The Bertz CT molecular complexity index is 162. The highest BCUT2D eigenvalue weighted by Crippen LogP contribution is 1.95. The smallest absolute Gasteiger partial charge is 0.131 e. The van der Waals surface area contributed by atoms with Gasteiger partial charge in [-0.15, -0.1) is 0 Å². The summed E-state index contributed by atoms with van der Waals surface area (Å²) in [5, 5.41) is 8.56. The van der Waals surface area contributed by atoms with Crippen LogP contribution in [0.3, 0.4) is 0 Å². The molecule has 0 N–H and O–H groups in total. The second-order valence-corrected chi connectivity index (χ2v) is 2.48. The predicted octanol–water partition coefficient (Wildman–Crippen LogP) is 0.475. The van der Waals surface area contributed by atoms with Gasteiger partial charge in [0.05, 0.1) is 0 Å². The fraction of sp³-hybridized carbons (Fsp3) is 0.571. The molecule has 0 fully saturated rings. The maximum absolute atomic E-state index is 8.56. The number of allylic oxidation sites excluding steroid dienone is 1. The first-order valence-electron chi connectivity index (χ1n) is 3.03. The minimum absolute atomic E-state index is 0.657. The molecule has 56 valence electrons. The van der Waals surface area contributed by atoms with Gasteiger partial charge in [0, 0.05) is 34.4 Å². The van der Waals surface area contributed by atoms with Gasteiger partial charge in [0.25, 0.3) is 0 Å². The quantitative estimate of drug-likeness (QED) is 0.521. The van der Waals surface area contributed by atoms with E-state index in [2.05, 4.69) is 6.07 Å². The molecule has 0 aliphatic rings.